The molecule has 1 aliphatic heterocycles. The lowest BCUT2D eigenvalue weighted by molar-refractivity contribution is -0.140. The number of ether oxygens (including phenoxy) is 1. The molecule has 3 N–H and O–H groups in total. The van der Waals surface area contributed by atoms with Gasteiger partial charge in [-0.25, -0.2) is 9.82 Å². The predicted octanol–water partition coefficient (Wildman–Crippen LogP) is 0.660. The summed E-state index contributed by atoms with van der Waals surface area (Å²) in [6.45, 7) is 0.908. The van der Waals surface area contributed by atoms with Crippen LogP contribution in [0.5, 0.6) is 0 Å². The Kier molecular flexibility index (Phi) is 5.85. The topological polar surface area (TPSA) is 79.5 Å². The van der Waals surface area contributed by atoms with E-state index in [2.05, 4.69) is 20.9 Å². The van der Waals surface area contributed by atoms with Gasteiger partial charge in [-0.05, 0) is 24.1 Å². The first kappa shape index (κ1) is 16.4. The van der Waals surface area contributed by atoms with E-state index < -0.39 is 0 Å². The summed E-state index contributed by atoms with van der Waals surface area (Å²) in [5.74, 6) is -0.985. The van der Waals surface area contributed by atoms with Gasteiger partial charge in [0.15, 0.2) is 0 Å². The first-order valence-electron chi connectivity index (χ1n) is 7.20. The number of rotatable bonds is 6. The van der Waals surface area contributed by atoms with Gasteiger partial charge >= 0.3 is 5.97 Å². The predicted molar refractivity (Wildman–Crippen MR) is 78.0 cm³/mol. The van der Waals surface area contributed by atoms with Crippen LogP contribution in [0.15, 0.2) is 24.3 Å². The van der Waals surface area contributed by atoms with Crippen LogP contribution in [-0.4, -0.2) is 32.1 Å². The second-order valence-electron chi connectivity index (χ2n) is 5.13. The molecule has 1 aromatic rings. The molecule has 22 heavy (non-hydrogen) atoms. The standard InChI is InChI=1S/C15H20FN3O3/c1-22-13(20)3-2-8-17-15(21)12-9-18-19-14(12)10-4-6-11(16)7-5-10/h4-7,12,14,18-19H,2-3,8-9H2,1H3,(H,17,21). The van der Waals surface area contributed by atoms with Crippen molar-refractivity contribution < 1.29 is 18.7 Å². The molecule has 1 saturated heterocycles. The monoisotopic (exact) mass is 309 g/mol. The van der Waals surface area contributed by atoms with Gasteiger partial charge in [0.25, 0.3) is 0 Å². The number of hydrogen-bond acceptors (Lipinski definition) is 5. The van der Waals surface area contributed by atoms with Crippen LogP contribution in [0.4, 0.5) is 4.39 Å². The van der Waals surface area contributed by atoms with E-state index in [4.69, 9.17) is 0 Å². The fraction of sp³-hybridized carbons (Fsp3) is 0.467. The van der Waals surface area contributed by atoms with E-state index >= 15 is 0 Å². The fourth-order valence-electron chi connectivity index (χ4n) is 2.40. The molecule has 7 heteroatoms. The number of hydrogen-bond donors (Lipinski definition) is 3. The highest BCUT2D eigenvalue weighted by Crippen LogP contribution is 2.25. The van der Waals surface area contributed by atoms with Crippen LogP contribution in [0, 0.1) is 11.7 Å². The van der Waals surface area contributed by atoms with Crippen LogP contribution in [0.25, 0.3) is 0 Å². The first-order chi connectivity index (χ1) is 10.6. The summed E-state index contributed by atoms with van der Waals surface area (Å²) in [6.07, 6.45) is 0.812. The second kappa shape index (κ2) is 7.86. The second-order valence-corrected chi connectivity index (χ2v) is 5.13. The number of halogens is 1. The van der Waals surface area contributed by atoms with Gasteiger partial charge in [0.05, 0.1) is 19.1 Å². The zero-order chi connectivity index (χ0) is 15.9. The van der Waals surface area contributed by atoms with Gasteiger partial charge in [0.1, 0.15) is 5.82 Å². The molecule has 1 heterocycles. The Hall–Kier alpha value is -1.99. The van der Waals surface area contributed by atoms with Crippen molar-refractivity contribution in [1.29, 1.82) is 0 Å². The molecule has 0 aliphatic carbocycles. The molecule has 120 valence electrons. The van der Waals surface area contributed by atoms with Crippen molar-refractivity contribution in [2.24, 2.45) is 5.92 Å². The van der Waals surface area contributed by atoms with E-state index in [0.717, 1.165) is 5.56 Å². The molecule has 2 rings (SSSR count). The summed E-state index contributed by atoms with van der Waals surface area (Å²) < 4.78 is 17.5. The van der Waals surface area contributed by atoms with Crippen LogP contribution in [-0.2, 0) is 14.3 Å². The Morgan fingerprint density at radius 3 is 2.77 bits per heavy atom. The minimum Gasteiger partial charge on any atom is -0.469 e. The zero-order valence-electron chi connectivity index (χ0n) is 12.4. The normalized spacial score (nSPS) is 20.6. The zero-order valence-corrected chi connectivity index (χ0v) is 12.4. The lowest BCUT2D eigenvalue weighted by atomic mass is 9.94. The van der Waals surface area contributed by atoms with Gasteiger partial charge in [-0.2, -0.15) is 0 Å². The Morgan fingerprint density at radius 1 is 1.36 bits per heavy atom. The maximum atomic E-state index is 13.0. The van der Waals surface area contributed by atoms with Crippen molar-refractivity contribution >= 4 is 11.9 Å². The van der Waals surface area contributed by atoms with Crippen LogP contribution in [0.2, 0.25) is 0 Å². The van der Waals surface area contributed by atoms with Crippen molar-refractivity contribution in [3.63, 3.8) is 0 Å². The summed E-state index contributed by atoms with van der Waals surface area (Å²) in [6, 6.07) is 5.87. The smallest absolute Gasteiger partial charge is 0.305 e. The van der Waals surface area contributed by atoms with Crippen LogP contribution in [0.3, 0.4) is 0 Å². The van der Waals surface area contributed by atoms with Crippen LogP contribution >= 0.6 is 0 Å². The summed E-state index contributed by atoms with van der Waals surface area (Å²) >= 11 is 0. The summed E-state index contributed by atoms with van der Waals surface area (Å²) in [4.78, 5) is 23.2. The molecule has 0 saturated carbocycles. The van der Waals surface area contributed by atoms with E-state index in [-0.39, 0.29) is 36.1 Å². The number of methoxy groups -OCH3 is 1. The molecule has 6 nitrogen and oxygen atoms in total. The number of hydrazine groups is 1. The molecule has 0 aromatic heterocycles. The van der Waals surface area contributed by atoms with Gasteiger partial charge in [-0.3, -0.25) is 15.0 Å². The number of nitrogens with one attached hydrogen (secondary N) is 3. The molecule has 1 amide bonds. The highest BCUT2D eigenvalue weighted by molar-refractivity contribution is 5.80. The van der Waals surface area contributed by atoms with Gasteiger partial charge < -0.3 is 10.1 Å². The third-order valence-electron chi connectivity index (χ3n) is 3.63. The quantitative estimate of drug-likeness (QED) is 0.531. The molecule has 0 bridgehead atoms. The van der Waals surface area contributed by atoms with E-state index in [1.165, 1.54) is 19.2 Å². The number of carbonyl (C=O) groups excluding carboxylic acids is 2. The maximum absolute atomic E-state index is 13.0. The average molecular weight is 309 g/mol. The van der Waals surface area contributed by atoms with Crippen molar-refractivity contribution in [2.75, 3.05) is 20.2 Å². The largest absolute Gasteiger partial charge is 0.469 e. The summed E-state index contributed by atoms with van der Waals surface area (Å²) in [5, 5.41) is 2.81. The Labute approximate surface area is 128 Å². The molecule has 1 aromatic carbocycles. The molecule has 1 aliphatic rings. The van der Waals surface area contributed by atoms with Gasteiger partial charge in [-0.1, -0.05) is 12.1 Å². The summed E-state index contributed by atoms with van der Waals surface area (Å²) in [7, 11) is 1.34. The maximum Gasteiger partial charge on any atom is 0.305 e. The van der Waals surface area contributed by atoms with Crippen LogP contribution in [0.1, 0.15) is 24.4 Å². The van der Waals surface area contributed by atoms with E-state index in [1.54, 1.807) is 12.1 Å². The molecule has 0 radical (unpaired) electrons. The summed E-state index contributed by atoms with van der Waals surface area (Å²) in [5.41, 5.74) is 6.84. The van der Waals surface area contributed by atoms with Gasteiger partial charge in [-0.15, -0.1) is 0 Å². The Bertz CT molecular complexity index is 521. The van der Waals surface area contributed by atoms with Gasteiger partial charge in [0.2, 0.25) is 5.91 Å². The fourth-order valence-corrected chi connectivity index (χ4v) is 2.40. The third kappa shape index (κ3) is 4.25. The number of amides is 1. The minimum absolute atomic E-state index is 0.100. The van der Waals surface area contributed by atoms with E-state index in [9.17, 15) is 14.0 Å². The number of benzene rings is 1. The van der Waals surface area contributed by atoms with Crippen molar-refractivity contribution in [2.45, 2.75) is 18.9 Å². The first-order valence-corrected chi connectivity index (χ1v) is 7.20. The average Bonchev–Trinajstić information content (AvgIpc) is 3.01. The highest BCUT2D eigenvalue weighted by Gasteiger charge is 2.33. The highest BCUT2D eigenvalue weighted by atomic mass is 19.1. The van der Waals surface area contributed by atoms with Crippen molar-refractivity contribution in [1.82, 2.24) is 16.2 Å². The molecule has 2 unspecified atom stereocenters. The molecular weight excluding hydrogens is 289 g/mol. The lowest BCUT2D eigenvalue weighted by Gasteiger charge is -2.18. The SMILES string of the molecule is COC(=O)CCCNC(=O)C1CNNC1c1ccc(F)cc1. The molecule has 1 fully saturated rings. The van der Waals surface area contributed by atoms with Crippen molar-refractivity contribution in [3.05, 3.63) is 35.6 Å². The number of carbonyl (C=O) groups is 2. The molecule has 2 atom stereocenters. The van der Waals surface area contributed by atoms with E-state index in [1.807, 2.05) is 0 Å². The van der Waals surface area contributed by atoms with Gasteiger partial charge in [0, 0.05) is 19.5 Å². The molecule has 0 spiro atoms. The molecular formula is C15H20FN3O3. The minimum atomic E-state index is -0.307. The Balaban J connectivity index is 1.86. The van der Waals surface area contributed by atoms with E-state index in [0.29, 0.717) is 19.5 Å². The third-order valence-corrected chi connectivity index (χ3v) is 3.63. The van der Waals surface area contributed by atoms with Crippen LogP contribution < -0.4 is 16.2 Å². The Morgan fingerprint density at radius 2 is 2.09 bits per heavy atom. The lowest BCUT2D eigenvalue weighted by Crippen LogP contribution is -2.35. The number of esters is 1. The van der Waals surface area contributed by atoms with Crippen molar-refractivity contribution in [3.8, 4) is 0 Å².